The molecule has 0 aliphatic carbocycles. The lowest BCUT2D eigenvalue weighted by molar-refractivity contribution is -0.147. The first kappa shape index (κ1) is 30.8. The molecule has 0 spiro atoms. The molecule has 0 radical (unpaired) electrons. The van der Waals surface area contributed by atoms with Crippen LogP contribution in [0.5, 0.6) is 0 Å². The van der Waals surface area contributed by atoms with Gasteiger partial charge in [0.2, 0.25) is 5.91 Å². The predicted octanol–water partition coefficient (Wildman–Crippen LogP) is 3.40. The van der Waals surface area contributed by atoms with Crippen molar-refractivity contribution in [2.75, 3.05) is 5.88 Å². The maximum absolute atomic E-state index is 13.8. The highest BCUT2D eigenvalue weighted by molar-refractivity contribution is 8.00. The number of carbonyl (C=O) groups excluding carboxylic acids is 4. The lowest BCUT2D eigenvalue weighted by Crippen LogP contribution is -2.59. The number of nitrogens with zero attached hydrogens (tertiary/aromatic N) is 1. The van der Waals surface area contributed by atoms with Gasteiger partial charge in [-0.2, -0.15) is 0 Å². The summed E-state index contributed by atoms with van der Waals surface area (Å²) in [6, 6.07) is 22.3. The summed E-state index contributed by atoms with van der Waals surface area (Å²) in [5.74, 6) is -1.43. The minimum Gasteiger partial charge on any atom is -0.381 e. The number of hydrogen-bond acceptors (Lipinski definition) is 6. The molecule has 0 aromatic heterocycles. The summed E-state index contributed by atoms with van der Waals surface area (Å²) in [4.78, 5) is 54.0. The molecule has 3 unspecified atom stereocenters. The molecule has 3 aromatic rings. The molecule has 0 bridgehead atoms. The van der Waals surface area contributed by atoms with E-state index in [2.05, 4.69) is 16.0 Å². The lowest BCUT2D eigenvalue weighted by atomic mass is 9.97. The summed E-state index contributed by atoms with van der Waals surface area (Å²) in [7, 11) is 0. The second-order valence-electron chi connectivity index (χ2n) is 10.8. The van der Waals surface area contributed by atoms with Gasteiger partial charge in [0.05, 0.1) is 11.9 Å². The van der Waals surface area contributed by atoms with Crippen molar-refractivity contribution in [3.63, 3.8) is 0 Å². The van der Waals surface area contributed by atoms with E-state index in [0.29, 0.717) is 12.1 Å². The number of imide groups is 1. The van der Waals surface area contributed by atoms with Gasteiger partial charge in [0.1, 0.15) is 6.04 Å². The molecule has 220 valence electrons. The number of amides is 5. The van der Waals surface area contributed by atoms with E-state index in [1.54, 1.807) is 30.3 Å². The number of aliphatic hydroxyl groups is 1. The molecule has 0 saturated carbocycles. The largest absolute Gasteiger partial charge is 0.381 e. The van der Waals surface area contributed by atoms with Gasteiger partial charge in [-0.1, -0.05) is 72.8 Å². The maximum Gasteiger partial charge on any atom is 0.322 e. The average Bonchev–Trinajstić information content (AvgIpc) is 3.31. The third-order valence-corrected chi connectivity index (χ3v) is 8.68. The van der Waals surface area contributed by atoms with Crippen LogP contribution in [0.15, 0.2) is 84.9 Å². The highest BCUT2D eigenvalue weighted by Crippen LogP contribution is 2.40. The van der Waals surface area contributed by atoms with Crippen LogP contribution in [0, 0.1) is 6.92 Å². The molecule has 3 aromatic carbocycles. The summed E-state index contributed by atoms with van der Waals surface area (Å²) in [5, 5.41) is 19.2. The maximum atomic E-state index is 13.8. The molecule has 9 nitrogen and oxygen atoms in total. The SMILES string of the molecule is Cc1ccccc1CNC(=O)C1N(C(=O)C(O)C(Cc2ccccc2)NC(=O)NC(=O)c2ccccc2)CSC1(C)C. The number of thioether (sulfide) groups is 1. The Bertz CT molecular complexity index is 1420. The highest BCUT2D eigenvalue weighted by Gasteiger charge is 2.49. The van der Waals surface area contributed by atoms with Gasteiger partial charge in [-0.3, -0.25) is 19.7 Å². The Labute approximate surface area is 250 Å². The van der Waals surface area contributed by atoms with Crippen molar-refractivity contribution < 1.29 is 24.3 Å². The number of nitrogens with one attached hydrogen (secondary N) is 3. The average molecular weight is 589 g/mol. The van der Waals surface area contributed by atoms with Gasteiger partial charge in [0.25, 0.3) is 11.8 Å². The number of rotatable bonds is 9. The van der Waals surface area contributed by atoms with E-state index in [1.165, 1.54) is 16.7 Å². The third kappa shape index (κ3) is 7.57. The van der Waals surface area contributed by atoms with E-state index in [0.717, 1.165) is 16.7 Å². The Morgan fingerprint density at radius 1 is 0.952 bits per heavy atom. The number of carbonyl (C=O) groups is 4. The molecular formula is C32H36N4O5S. The quantitative estimate of drug-likeness (QED) is 0.304. The van der Waals surface area contributed by atoms with Crippen LogP contribution < -0.4 is 16.0 Å². The van der Waals surface area contributed by atoms with Crippen LogP contribution >= 0.6 is 11.8 Å². The number of urea groups is 1. The number of benzene rings is 3. The fourth-order valence-electron chi connectivity index (χ4n) is 4.92. The highest BCUT2D eigenvalue weighted by atomic mass is 32.2. The van der Waals surface area contributed by atoms with Crippen molar-refractivity contribution >= 4 is 35.5 Å². The molecule has 42 heavy (non-hydrogen) atoms. The molecule has 4 N–H and O–H groups in total. The van der Waals surface area contributed by atoms with Crippen LogP contribution in [-0.4, -0.2) is 62.6 Å². The number of hydrogen-bond donors (Lipinski definition) is 4. The van der Waals surface area contributed by atoms with E-state index >= 15 is 0 Å². The van der Waals surface area contributed by atoms with Crippen molar-refractivity contribution in [3.05, 3.63) is 107 Å². The molecule has 1 heterocycles. The van der Waals surface area contributed by atoms with Crippen molar-refractivity contribution in [2.24, 2.45) is 0 Å². The molecule has 1 saturated heterocycles. The molecule has 5 amide bonds. The first-order valence-electron chi connectivity index (χ1n) is 13.7. The first-order chi connectivity index (χ1) is 20.1. The van der Waals surface area contributed by atoms with Crippen LogP contribution in [0.2, 0.25) is 0 Å². The van der Waals surface area contributed by atoms with Crippen molar-refractivity contribution in [1.29, 1.82) is 0 Å². The van der Waals surface area contributed by atoms with Crippen LogP contribution in [0.4, 0.5) is 4.79 Å². The normalized spacial score (nSPS) is 17.1. The van der Waals surface area contributed by atoms with Gasteiger partial charge in [0.15, 0.2) is 6.10 Å². The Hall–Kier alpha value is -4.15. The van der Waals surface area contributed by atoms with Crippen LogP contribution in [0.25, 0.3) is 0 Å². The van der Waals surface area contributed by atoms with Gasteiger partial charge < -0.3 is 20.6 Å². The van der Waals surface area contributed by atoms with E-state index < -0.39 is 40.8 Å². The summed E-state index contributed by atoms with van der Waals surface area (Å²) in [6.07, 6.45) is -1.56. The van der Waals surface area contributed by atoms with E-state index in [-0.39, 0.29) is 18.2 Å². The molecule has 3 atom stereocenters. The Morgan fingerprint density at radius 3 is 2.24 bits per heavy atom. The smallest absolute Gasteiger partial charge is 0.322 e. The number of aryl methyl sites for hydroxylation is 1. The predicted molar refractivity (Wildman–Crippen MR) is 163 cm³/mol. The first-order valence-corrected chi connectivity index (χ1v) is 14.7. The number of aliphatic hydroxyl groups excluding tert-OH is 1. The second-order valence-corrected chi connectivity index (χ2v) is 12.4. The molecule has 1 aliphatic heterocycles. The van der Waals surface area contributed by atoms with Gasteiger partial charge in [-0.15, -0.1) is 11.8 Å². The molecule has 4 rings (SSSR count). The Balaban J connectivity index is 1.50. The standard InChI is InChI=1S/C32H36N4O5S/c1-21-12-10-11-17-24(21)19-33-29(39)27-32(2,3)42-20-36(27)30(40)26(37)25(18-22-13-6-4-7-14-22)34-31(41)35-28(38)23-15-8-5-9-16-23/h4-17,25-27,37H,18-20H2,1-3H3,(H,33,39)(H2,34,35,38,41). The van der Waals surface area contributed by atoms with Crippen molar-refractivity contribution in [1.82, 2.24) is 20.9 Å². The summed E-state index contributed by atoms with van der Waals surface area (Å²) in [6.45, 7) is 6.04. The summed E-state index contributed by atoms with van der Waals surface area (Å²) < 4.78 is -0.618. The van der Waals surface area contributed by atoms with Gasteiger partial charge in [0, 0.05) is 16.9 Å². The van der Waals surface area contributed by atoms with Crippen LogP contribution in [0.3, 0.4) is 0 Å². The Morgan fingerprint density at radius 2 is 1.57 bits per heavy atom. The van der Waals surface area contributed by atoms with Gasteiger partial charge in [-0.25, -0.2) is 4.79 Å². The topological polar surface area (TPSA) is 128 Å². The van der Waals surface area contributed by atoms with Crippen molar-refractivity contribution in [2.45, 2.75) is 56.7 Å². The fraction of sp³-hybridized carbons (Fsp3) is 0.312. The van der Waals surface area contributed by atoms with Crippen molar-refractivity contribution in [3.8, 4) is 0 Å². The monoisotopic (exact) mass is 588 g/mol. The summed E-state index contributed by atoms with van der Waals surface area (Å²) in [5.41, 5.74) is 3.07. The zero-order valence-electron chi connectivity index (χ0n) is 23.9. The fourth-order valence-corrected chi connectivity index (χ4v) is 6.06. The molecular weight excluding hydrogens is 552 g/mol. The zero-order chi connectivity index (χ0) is 30.3. The molecule has 1 fully saturated rings. The summed E-state index contributed by atoms with van der Waals surface area (Å²) >= 11 is 1.44. The van der Waals surface area contributed by atoms with Crippen LogP contribution in [0.1, 0.15) is 40.9 Å². The van der Waals surface area contributed by atoms with E-state index in [9.17, 15) is 24.3 Å². The van der Waals surface area contributed by atoms with E-state index in [1.807, 2.05) is 75.4 Å². The van der Waals surface area contributed by atoms with Gasteiger partial charge in [-0.05, 0) is 56.0 Å². The Kier molecular flexibility index (Phi) is 10.0. The second kappa shape index (κ2) is 13.7. The van der Waals surface area contributed by atoms with Crippen LogP contribution in [-0.2, 0) is 22.6 Å². The molecule has 10 heteroatoms. The minimum absolute atomic E-state index is 0.120. The lowest BCUT2D eigenvalue weighted by Gasteiger charge is -2.33. The zero-order valence-corrected chi connectivity index (χ0v) is 24.7. The van der Waals surface area contributed by atoms with E-state index in [4.69, 9.17) is 0 Å². The molecule has 1 aliphatic rings. The van der Waals surface area contributed by atoms with Gasteiger partial charge >= 0.3 is 6.03 Å². The minimum atomic E-state index is -1.68. The third-order valence-electron chi connectivity index (χ3n) is 7.30.